The van der Waals surface area contributed by atoms with Gasteiger partial charge in [-0.3, -0.25) is 14.9 Å². The van der Waals surface area contributed by atoms with Crippen LogP contribution in [0.5, 0.6) is 5.75 Å². The fraction of sp³-hybridized carbons (Fsp3) is 0.130. The number of hydrazone groups is 1. The van der Waals surface area contributed by atoms with Crippen molar-refractivity contribution in [1.29, 1.82) is 0 Å². The molecule has 0 N–H and O–H groups in total. The summed E-state index contributed by atoms with van der Waals surface area (Å²) in [4.78, 5) is 24.0. The highest BCUT2D eigenvalue weighted by molar-refractivity contribution is 6.32. The number of nitro groups is 1. The molecule has 0 saturated heterocycles. The summed E-state index contributed by atoms with van der Waals surface area (Å²) in [5.41, 5.74) is 2.37. The van der Waals surface area contributed by atoms with Crippen LogP contribution in [0, 0.1) is 10.1 Å². The van der Waals surface area contributed by atoms with E-state index in [1.807, 2.05) is 54.6 Å². The number of ether oxygens (including phenoxy) is 1. The van der Waals surface area contributed by atoms with Gasteiger partial charge in [0, 0.05) is 18.1 Å². The van der Waals surface area contributed by atoms with Gasteiger partial charge < -0.3 is 4.74 Å². The number of hydrogen-bond acceptors (Lipinski definition) is 5. The summed E-state index contributed by atoms with van der Waals surface area (Å²) in [7, 11) is 1.60. The zero-order valence-corrected chi connectivity index (χ0v) is 17.3. The van der Waals surface area contributed by atoms with Crippen LogP contribution in [0.2, 0.25) is 5.02 Å². The van der Waals surface area contributed by atoms with Crippen LogP contribution in [-0.2, 0) is 0 Å². The van der Waals surface area contributed by atoms with Gasteiger partial charge in [0.1, 0.15) is 10.8 Å². The molecule has 3 aromatic rings. The molecule has 0 aromatic heterocycles. The van der Waals surface area contributed by atoms with Gasteiger partial charge in [0.2, 0.25) is 0 Å². The van der Waals surface area contributed by atoms with Crippen LogP contribution in [-0.4, -0.2) is 28.7 Å². The Morgan fingerprint density at radius 1 is 1.13 bits per heavy atom. The number of carbonyl (C=O) groups is 1. The lowest BCUT2D eigenvalue weighted by Gasteiger charge is -2.22. The second-order valence-electron chi connectivity index (χ2n) is 6.98. The minimum atomic E-state index is -0.607. The van der Waals surface area contributed by atoms with Gasteiger partial charge in [0.05, 0.1) is 23.8 Å². The third-order valence-electron chi connectivity index (χ3n) is 5.12. The lowest BCUT2D eigenvalue weighted by molar-refractivity contribution is -0.384. The molecule has 7 nitrogen and oxygen atoms in total. The molecule has 0 bridgehead atoms. The molecule has 1 heterocycles. The first-order valence-electron chi connectivity index (χ1n) is 9.52. The molecule has 4 rings (SSSR count). The first kappa shape index (κ1) is 20.6. The first-order chi connectivity index (χ1) is 15.0. The zero-order valence-electron chi connectivity index (χ0n) is 16.6. The van der Waals surface area contributed by atoms with Crippen molar-refractivity contribution in [3.05, 3.63) is 105 Å². The summed E-state index contributed by atoms with van der Waals surface area (Å²) < 4.78 is 5.21. The summed E-state index contributed by atoms with van der Waals surface area (Å²) in [6.45, 7) is 0. The van der Waals surface area contributed by atoms with Crippen molar-refractivity contribution in [3.63, 3.8) is 0 Å². The number of carbonyl (C=O) groups excluding carboxylic acids is 1. The largest absolute Gasteiger partial charge is 0.497 e. The van der Waals surface area contributed by atoms with Gasteiger partial charge in [0.25, 0.3) is 11.6 Å². The molecule has 156 valence electrons. The van der Waals surface area contributed by atoms with Crippen molar-refractivity contribution >= 4 is 28.9 Å². The minimum absolute atomic E-state index is 0.0231. The lowest BCUT2D eigenvalue weighted by Crippen LogP contribution is -2.27. The molecular formula is C23H18ClN3O4. The van der Waals surface area contributed by atoms with Crippen molar-refractivity contribution in [2.24, 2.45) is 5.10 Å². The molecule has 0 aliphatic carbocycles. The molecule has 1 atom stereocenters. The Bertz CT molecular complexity index is 1160. The molecule has 1 aliphatic heterocycles. The molecule has 0 saturated carbocycles. The van der Waals surface area contributed by atoms with Crippen molar-refractivity contribution in [2.45, 2.75) is 12.5 Å². The quantitative estimate of drug-likeness (QED) is 0.404. The van der Waals surface area contributed by atoms with E-state index in [1.165, 1.54) is 23.2 Å². The summed E-state index contributed by atoms with van der Waals surface area (Å²) in [6, 6.07) is 20.7. The Labute approximate surface area is 183 Å². The minimum Gasteiger partial charge on any atom is -0.497 e. The highest BCUT2D eigenvalue weighted by atomic mass is 35.5. The first-order valence-corrected chi connectivity index (χ1v) is 9.90. The molecule has 31 heavy (non-hydrogen) atoms. The van der Waals surface area contributed by atoms with E-state index in [9.17, 15) is 14.9 Å². The van der Waals surface area contributed by atoms with E-state index < -0.39 is 10.8 Å². The van der Waals surface area contributed by atoms with Gasteiger partial charge in [-0.1, -0.05) is 41.9 Å². The standard InChI is InChI=1S/C23H18ClN3O4/c1-31-18-10-7-15(8-11-18)20-14-21(16-5-3-2-4-6-16)26(25-20)23(28)17-9-12-19(24)22(13-17)27(29)30/h2-13,21H,14H2,1H3/t21-/m1/s1. The average Bonchev–Trinajstić information content (AvgIpc) is 3.25. The smallest absolute Gasteiger partial charge is 0.288 e. The van der Waals surface area contributed by atoms with Crippen molar-refractivity contribution in [2.75, 3.05) is 7.11 Å². The van der Waals surface area contributed by atoms with Crippen LogP contribution in [0.25, 0.3) is 0 Å². The number of amides is 1. The Kier molecular flexibility index (Phi) is 5.68. The van der Waals surface area contributed by atoms with Gasteiger partial charge in [-0.05, 0) is 47.5 Å². The van der Waals surface area contributed by atoms with E-state index in [1.54, 1.807) is 7.11 Å². The van der Waals surface area contributed by atoms with Crippen molar-refractivity contribution in [3.8, 4) is 5.75 Å². The fourth-order valence-electron chi connectivity index (χ4n) is 3.51. The van der Waals surface area contributed by atoms with Gasteiger partial charge in [-0.15, -0.1) is 0 Å². The molecular weight excluding hydrogens is 418 g/mol. The predicted molar refractivity (Wildman–Crippen MR) is 118 cm³/mol. The second-order valence-corrected chi connectivity index (χ2v) is 7.39. The molecule has 1 aliphatic rings. The van der Waals surface area contributed by atoms with Gasteiger partial charge >= 0.3 is 0 Å². The van der Waals surface area contributed by atoms with Gasteiger partial charge in [0.15, 0.2) is 0 Å². The molecule has 3 aromatic carbocycles. The highest BCUT2D eigenvalue weighted by Crippen LogP contribution is 2.35. The van der Waals surface area contributed by atoms with Crippen LogP contribution in [0.4, 0.5) is 5.69 Å². The number of halogens is 1. The summed E-state index contributed by atoms with van der Waals surface area (Å²) in [6.07, 6.45) is 0.512. The van der Waals surface area contributed by atoms with Gasteiger partial charge in [-0.25, -0.2) is 5.01 Å². The van der Waals surface area contributed by atoms with Crippen LogP contribution < -0.4 is 4.74 Å². The number of rotatable bonds is 5. The highest BCUT2D eigenvalue weighted by Gasteiger charge is 2.34. The van der Waals surface area contributed by atoms with E-state index >= 15 is 0 Å². The second kappa shape index (κ2) is 8.57. The van der Waals surface area contributed by atoms with E-state index in [4.69, 9.17) is 16.3 Å². The maximum Gasteiger partial charge on any atom is 0.288 e. The maximum atomic E-state index is 13.3. The number of hydrogen-bond donors (Lipinski definition) is 0. The fourth-order valence-corrected chi connectivity index (χ4v) is 3.69. The van der Waals surface area contributed by atoms with Crippen LogP contribution in [0.15, 0.2) is 77.9 Å². The number of nitrogens with zero attached hydrogens (tertiary/aromatic N) is 3. The van der Waals surface area contributed by atoms with Gasteiger partial charge in [-0.2, -0.15) is 5.10 Å². The van der Waals surface area contributed by atoms with Crippen molar-refractivity contribution < 1.29 is 14.5 Å². The van der Waals surface area contributed by atoms with E-state index in [-0.39, 0.29) is 22.3 Å². The molecule has 8 heteroatoms. The molecule has 0 radical (unpaired) electrons. The lowest BCUT2D eigenvalue weighted by atomic mass is 9.98. The third kappa shape index (κ3) is 4.13. The average molecular weight is 436 g/mol. The summed E-state index contributed by atoms with van der Waals surface area (Å²) >= 11 is 5.90. The molecule has 0 spiro atoms. The predicted octanol–water partition coefficient (Wildman–Crippen LogP) is 5.25. The SMILES string of the molecule is COc1ccc(C2=NN(C(=O)c3ccc(Cl)c([N+](=O)[O-])c3)[C@@H](c3ccccc3)C2)cc1. The third-order valence-corrected chi connectivity index (χ3v) is 5.44. The Morgan fingerprint density at radius 3 is 2.48 bits per heavy atom. The van der Waals surface area contributed by atoms with E-state index in [2.05, 4.69) is 5.10 Å². The topological polar surface area (TPSA) is 85.0 Å². The Morgan fingerprint density at radius 2 is 1.84 bits per heavy atom. The van der Waals surface area contributed by atoms with Crippen LogP contribution in [0.1, 0.15) is 33.9 Å². The zero-order chi connectivity index (χ0) is 22.0. The number of nitro benzene ring substituents is 1. The monoisotopic (exact) mass is 435 g/mol. The van der Waals surface area contributed by atoms with Crippen molar-refractivity contribution in [1.82, 2.24) is 5.01 Å². The number of benzene rings is 3. The molecule has 0 unspecified atom stereocenters. The summed E-state index contributed by atoms with van der Waals surface area (Å²) in [5.74, 6) is 0.292. The maximum absolute atomic E-state index is 13.3. The molecule has 1 amide bonds. The molecule has 0 fully saturated rings. The summed E-state index contributed by atoms with van der Waals surface area (Å²) in [5, 5.41) is 17.2. The number of methoxy groups -OCH3 is 1. The van der Waals surface area contributed by atoms with Crippen LogP contribution >= 0.6 is 11.6 Å². The normalized spacial score (nSPS) is 15.5. The van der Waals surface area contributed by atoms with Crippen LogP contribution in [0.3, 0.4) is 0 Å². The van der Waals surface area contributed by atoms with E-state index in [0.717, 1.165) is 22.6 Å². The Hall–Kier alpha value is -3.71. The Balaban J connectivity index is 1.73. The van der Waals surface area contributed by atoms with E-state index in [0.29, 0.717) is 6.42 Å².